The van der Waals surface area contributed by atoms with Crippen LogP contribution in [-0.4, -0.2) is 26.5 Å². The zero-order valence-electron chi connectivity index (χ0n) is 16.8. The summed E-state index contributed by atoms with van der Waals surface area (Å²) >= 11 is 0. The molecule has 0 aliphatic carbocycles. The van der Waals surface area contributed by atoms with E-state index in [9.17, 15) is 19.7 Å². The van der Waals surface area contributed by atoms with Crippen molar-refractivity contribution >= 4 is 23.0 Å². The number of carbonyl (C=O) groups excluding carboxylic acids is 2. The van der Waals surface area contributed by atoms with Gasteiger partial charge in [0.2, 0.25) is 5.88 Å². The van der Waals surface area contributed by atoms with Gasteiger partial charge in [-0.15, -0.1) is 0 Å². The topological polar surface area (TPSA) is 104 Å². The quantitative estimate of drug-likeness (QED) is 0.321. The predicted molar refractivity (Wildman–Crippen MR) is 104 cm³/mol. The fraction of sp³-hybridized carbons (Fsp3) is 0.350. The molecule has 0 unspecified atom stereocenters. The molecule has 28 heavy (non-hydrogen) atoms. The lowest BCUT2D eigenvalue weighted by molar-refractivity contribution is -0.385. The number of aryl methyl sites for hydroxylation is 1. The Bertz CT molecular complexity index is 998. The molecule has 1 aromatic carbocycles. The number of nitro groups is 1. The molecule has 0 N–H and O–H groups in total. The van der Waals surface area contributed by atoms with E-state index in [0.29, 0.717) is 23.2 Å². The van der Waals surface area contributed by atoms with E-state index in [2.05, 4.69) is 5.10 Å². The molecule has 0 fully saturated rings. The number of hydrogen-bond acceptors (Lipinski definition) is 6. The van der Waals surface area contributed by atoms with Gasteiger partial charge in [-0.05, 0) is 51.8 Å². The molecule has 148 valence electrons. The van der Waals surface area contributed by atoms with E-state index >= 15 is 0 Å². The van der Waals surface area contributed by atoms with Gasteiger partial charge < -0.3 is 4.74 Å². The Kier molecular flexibility index (Phi) is 6.12. The minimum absolute atomic E-state index is 0.0581. The Morgan fingerprint density at radius 3 is 2.32 bits per heavy atom. The van der Waals surface area contributed by atoms with Gasteiger partial charge in [-0.1, -0.05) is 5.57 Å². The molecule has 2 rings (SSSR count). The summed E-state index contributed by atoms with van der Waals surface area (Å²) in [5.74, 6) is -0.907. The summed E-state index contributed by atoms with van der Waals surface area (Å²) in [4.78, 5) is 35.7. The molecule has 0 radical (unpaired) electrons. The lowest BCUT2D eigenvalue weighted by Gasteiger charge is -2.13. The van der Waals surface area contributed by atoms with Crippen molar-refractivity contribution in [2.75, 3.05) is 0 Å². The van der Waals surface area contributed by atoms with Gasteiger partial charge in [0.1, 0.15) is 5.56 Å². The molecule has 1 heterocycles. The van der Waals surface area contributed by atoms with E-state index in [1.807, 2.05) is 20.8 Å². The van der Waals surface area contributed by atoms with Crippen LogP contribution in [0.3, 0.4) is 0 Å². The maximum Gasteiger partial charge on any atom is 0.309 e. The largest absolute Gasteiger partial charge is 0.407 e. The second kappa shape index (κ2) is 8.16. The standard InChI is InChI=1S/C20H23N3O5/c1-7-22-20(28-14(6)24)16(10-21-22)19(25)15-8-9-17(23(26)27)18(13(15)5)12(4)11(2)3/h8-10H,7H2,1-6H3. The minimum atomic E-state index is -0.564. The van der Waals surface area contributed by atoms with Crippen LogP contribution in [0.15, 0.2) is 23.9 Å². The first-order chi connectivity index (χ1) is 13.1. The van der Waals surface area contributed by atoms with Crippen LogP contribution in [0.25, 0.3) is 5.57 Å². The van der Waals surface area contributed by atoms with E-state index < -0.39 is 16.7 Å². The van der Waals surface area contributed by atoms with Crippen molar-refractivity contribution < 1.29 is 19.2 Å². The second-order valence-corrected chi connectivity index (χ2v) is 6.62. The number of benzene rings is 1. The first kappa shape index (κ1) is 21.0. The number of nitrogens with zero attached hydrogens (tertiary/aromatic N) is 3. The Morgan fingerprint density at radius 1 is 1.18 bits per heavy atom. The Labute approximate surface area is 163 Å². The average Bonchev–Trinajstić information content (AvgIpc) is 3.01. The second-order valence-electron chi connectivity index (χ2n) is 6.62. The molecule has 0 saturated heterocycles. The van der Waals surface area contributed by atoms with Gasteiger partial charge in [-0.3, -0.25) is 19.7 Å². The monoisotopic (exact) mass is 385 g/mol. The molecule has 8 nitrogen and oxygen atoms in total. The van der Waals surface area contributed by atoms with E-state index in [4.69, 9.17) is 4.74 Å². The van der Waals surface area contributed by atoms with Gasteiger partial charge >= 0.3 is 5.97 Å². The number of allylic oxidation sites excluding steroid dienone is 2. The van der Waals surface area contributed by atoms with Gasteiger partial charge in [-0.2, -0.15) is 5.10 Å². The molecule has 2 aromatic rings. The van der Waals surface area contributed by atoms with E-state index in [1.165, 1.54) is 29.9 Å². The molecular formula is C20H23N3O5. The molecular weight excluding hydrogens is 362 g/mol. The van der Waals surface area contributed by atoms with Gasteiger partial charge in [0.25, 0.3) is 5.69 Å². The fourth-order valence-electron chi connectivity index (χ4n) is 2.96. The average molecular weight is 385 g/mol. The van der Waals surface area contributed by atoms with Gasteiger partial charge in [0, 0.05) is 25.1 Å². The summed E-state index contributed by atoms with van der Waals surface area (Å²) in [5, 5.41) is 15.6. The maximum atomic E-state index is 13.2. The van der Waals surface area contributed by atoms with Crippen molar-refractivity contribution in [1.82, 2.24) is 9.78 Å². The summed E-state index contributed by atoms with van der Waals surface area (Å²) in [5.41, 5.74) is 2.94. The maximum absolute atomic E-state index is 13.2. The number of nitro benzene ring substituents is 1. The van der Waals surface area contributed by atoms with Gasteiger partial charge in [0.15, 0.2) is 5.78 Å². The van der Waals surface area contributed by atoms with Crippen molar-refractivity contribution in [3.05, 3.63) is 56.3 Å². The van der Waals surface area contributed by atoms with Crippen LogP contribution in [0.5, 0.6) is 5.88 Å². The first-order valence-corrected chi connectivity index (χ1v) is 8.81. The molecule has 0 amide bonds. The molecule has 1 aromatic heterocycles. The van der Waals surface area contributed by atoms with Crippen LogP contribution in [0.1, 0.15) is 61.7 Å². The third-order valence-corrected chi connectivity index (χ3v) is 4.58. The van der Waals surface area contributed by atoms with E-state index in [-0.39, 0.29) is 17.1 Å². The number of ether oxygens (including phenoxy) is 1. The van der Waals surface area contributed by atoms with Gasteiger partial charge in [0.05, 0.1) is 16.7 Å². The molecule has 0 bridgehead atoms. The van der Waals surface area contributed by atoms with Crippen molar-refractivity contribution in [2.45, 2.75) is 48.1 Å². The zero-order chi connectivity index (χ0) is 21.2. The normalized spacial score (nSPS) is 10.5. The zero-order valence-corrected chi connectivity index (χ0v) is 16.8. The highest BCUT2D eigenvalue weighted by molar-refractivity contribution is 6.12. The van der Waals surface area contributed by atoms with Gasteiger partial charge in [-0.25, -0.2) is 4.68 Å². The Hall–Kier alpha value is -3.29. The van der Waals surface area contributed by atoms with Crippen molar-refractivity contribution in [3.63, 3.8) is 0 Å². The van der Waals surface area contributed by atoms with Crippen molar-refractivity contribution in [2.24, 2.45) is 0 Å². The predicted octanol–water partition coefficient (Wildman–Crippen LogP) is 4.09. The SMILES string of the molecule is CCn1ncc(C(=O)c2ccc([N+](=O)[O-])c(C(C)=C(C)C)c2C)c1OC(C)=O. The third kappa shape index (κ3) is 3.85. The number of aromatic nitrogens is 2. The number of rotatable bonds is 6. The van der Waals surface area contributed by atoms with Crippen LogP contribution in [0.2, 0.25) is 0 Å². The molecule has 0 aliphatic rings. The highest BCUT2D eigenvalue weighted by Crippen LogP contribution is 2.34. The summed E-state index contributed by atoms with van der Waals surface area (Å²) in [6, 6.07) is 2.76. The third-order valence-electron chi connectivity index (χ3n) is 4.58. The number of ketones is 1. The summed E-state index contributed by atoms with van der Waals surface area (Å²) in [7, 11) is 0. The molecule has 8 heteroatoms. The van der Waals surface area contributed by atoms with E-state index in [1.54, 1.807) is 13.8 Å². The smallest absolute Gasteiger partial charge is 0.309 e. The lowest BCUT2D eigenvalue weighted by atomic mass is 9.90. The number of hydrogen-bond donors (Lipinski definition) is 0. The highest BCUT2D eigenvalue weighted by Gasteiger charge is 2.27. The number of carbonyl (C=O) groups is 2. The molecule has 0 saturated carbocycles. The number of esters is 1. The summed E-state index contributed by atoms with van der Waals surface area (Å²) in [6.45, 7) is 10.7. The summed E-state index contributed by atoms with van der Waals surface area (Å²) < 4.78 is 6.61. The first-order valence-electron chi connectivity index (χ1n) is 8.81. The molecule has 0 atom stereocenters. The lowest BCUT2D eigenvalue weighted by Crippen LogP contribution is -2.12. The van der Waals surface area contributed by atoms with Crippen LogP contribution >= 0.6 is 0 Å². The van der Waals surface area contributed by atoms with Crippen LogP contribution in [0, 0.1) is 17.0 Å². The van der Waals surface area contributed by atoms with Crippen molar-refractivity contribution in [3.8, 4) is 5.88 Å². The molecule has 0 aliphatic heterocycles. The summed E-state index contributed by atoms with van der Waals surface area (Å²) in [6.07, 6.45) is 1.35. The van der Waals surface area contributed by atoms with Crippen LogP contribution in [0.4, 0.5) is 5.69 Å². The van der Waals surface area contributed by atoms with Crippen LogP contribution < -0.4 is 4.74 Å². The van der Waals surface area contributed by atoms with Crippen LogP contribution in [-0.2, 0) is 11.3 Å². The highest BCUT2D eigenvalue weighted by atomic mass is 16.6. The van der Waals surface area contributed by atoms with Crippen molar-refractivity contribution in [1.29, 1.82) is 0 Å². The van der Waals surface area contributed by atoms with E-state index in [0.717, 1.165) is 11.1 Å². The Balaban J connectivity index is 2.70. The fourth-order valence-corrected chi connectivity index (χ4v) is 2.96. The Morgan fingerprint density at radius 2 is 1.82 bits per heavy atom. The minimum Gasteiger partial charge on any atom is -0.407 e. The molecule has 0 spiro atoms.